The topological polar surface area (TPSA) is 32.7 Å². The van der Waals surface area contributed by atoms with Crippen LogP contribution in [-0.4, -0.2) is 36.3 Å². The van der Waals surface area contributed by atoms with Crippen LogP contribution in [0.15, 0.2) is 18.2 Å². The van der Waals surface area contributed by atoms with Crippen molar-refractivity contribution >= 4 is 0 Å². The van der Waals surface area contributed by atoms with E-state index in [0.29, 0.717) is 11.9 Å². The van der Waals surface area contributed by atoms with Crippen LogP contribution < -0.4 is 0 Å². The molecule has 0 spiro atoms. The highest BCUT2D eigenvalue weighted by molar-refractivity contribution is 5.35. The lowest BCUT2D eigenvalue weighted by molar-refractivity contribution is 0.0387. The van der Waals surface area contributed by atoms with Gasteiger partial charge in [-0.2, -0.15) is 0 Å². The first-order chi connectivity index (χ1) is 8.19. The third-order valence-electron chi connectivity index (χ3n) is 3.50. The molecular weight excluding hydrogens is 214 g/mol. The van der Waals surface area contributed by atoms with E-state index in [-0.39, 0.29) is 0 Å². The van der Waals surface area contributed by atoms with Crippen molar-refractivity contribution in [2.75, 3.05) is 20.2 Å². The Bertz CT molecular complexity index is 370. The van der Waals surface area contributed by atoms with Gasteiger partial charge in [-0.15, -0.1) is 0 Å². The Kier molecular flexibility index (Phi) is 4.02. The quantitative estimate of drug-likeness (QED) is 0.872. The third kappa shape index (κ3) is 3.20. The Labute approximate surface area is 103 Å². The molecule has 1 aliphatic rings. The molecule has 1 aromatic carbocycles. The third-order valence-corrected chi connectivity index (χ3v) is 3.50. The van der Waals surface area contributed by atoms with Gasteiger partial charge < -0.3 is 9.84 Å². The van der Waals surface area contributed by atoms with Crippen molar-refractivity contribution in [1.29, 1.82) is 0 Å². The van der Waals surface area contributed by atoms with Crippen molar-refractivity contribution in [2.45, 2.75) is 32.4 Å². The molecule has 0 atom stereocenters. The molecule has 3 heteroatoms. The van der Waals surface area contributed by atoms with E-state index in [4.69, 9.17) is 4.74 Å². The van der Waals surface area contributed by atoms with Gasteiger partial charge in [-0.25, -0.2) is 0 Å². The largest absolute Gasteiger partial charge is 0.508 e. The Hall–Kier alpha value is -1.06. The number of piperidine rings is 1. The zero-order chi connectivity index (χ0) is 12.3. The summed E-state index contributed by atoms with van der Waals surface area (Å²) < 4.78 is 5.36. The second-order valence-corrected chi connectivity index (χ2v) is 4.84. The van der Waals surface area contributed by atoms with Gasteiger partial charge in [0.15, 0.2) is 0 Å². The molecule has 1 N–H and O–H groups in total. The van der Waals surface area contributed by atoms with E-state index in [1.54, 1.807) is 13.2 Å². The summed E-state index contributed by atoms with van der Waals surface area (Å²) in [5.41, 5.74) is 2.23. The molecule has 94 valence electrons. The zero-order valence-corrected chi connectivity index (χ0v) is 10.6. The number of phenolic OH excluding ortho intramolecular Hbond substituents is 1. The fourth-order valence-electron chi connectivity index (χ4n) is 2.38. The molecular formula is C14H21NO2. The molecule has 17 heavy (non-hydrogen) atoms. The number of rotatable bonds is 3. The van der Waals surface area contributed by atoms with Crippen LogP contribution >= 0.6 is 0 Å². The van der Waals surface area contributed by atoms with Crippen molar-refractivity contribution in [2.24, 2.45) is 0 Å². The number of aryl methyl sites for hydroxylation is 1. The van der Waals surface area contributed by atoms with E-state index in [0.717, 1.165) is 38.0 Å². The fourth-order valence-corrected chi connectivity index (χ4v) is 2.38. The smallest absolute Gasteiger partial charge is 0.120 e. The molecule has 0 aliphatic carbocycles. The predicted octanol–water partition coefficient (Wildman–Crippen LogP) is 2.31. The average Bonchev–Trinajstić information content (AvgIpc) is 2.35. The summed E-state index contributed by atoms with van der Waals surface area (Å²) in [7, 11) is 1.78. The Morgan fingerprint density at radius 3 is 2.71 bits per heavy atom. The molecule has 2 rings (SSSR count). The molecule has 0 amide bonds. The number of hydrogen-bond donors (Lipinski definition) is 1. The molecule has 0 radical (unpaired) electrons. The van der Waals surface area contributed by atoms with Gasteiger partial charge in [0.05, 0.1) is 6.10 Å². The van der Waals surface area contributed by atoms with E-state index in [2.05, 4.69) is 17.9 Å². The minimum Gasteiger partial charge on any atom is -0.508 e. The summed E-state index contributed by atoms with van der Waals surface area (Å²) >= 11 is 0. The molecule has 1 fully saturated rings. The molecule has 0 saturated carbocycles. The molecule has 0 unspecified atom stereocenters. The van der Waals surface area contributed by atoms with Crippen LogP contribution in [-0.2, 0) is 11.3 Å². The number of nitrogens with zero attached hydrogens (tertiary/aromatic N) is 1. The van der Waals surface area contributed by atoms with Crippen LogP contribution in [0.5, 0.6) is 5.75 Å². The second-order valence-electron chi connectivity index (χ2n) is 4.84. The van der Waals surface area contributed by atoms with Crippen molar-refractivity contribution in [3.05, 3.63) is 29.3 Å². The lowest BCUT2D eigenvalue weighted by atomic mass is 10.1. The predicted molar refractivity (Wildman–Crippen MR) is 68.2 cm³/mol. The molecule has 1 heterocycles. The van der Waals surface area contributed by atoms with E-state index in [1.807, 2.05) is 6.07 Å². The first-order valence-electron chi connectivity index (χ1n) is 6.22. The van der Waals surface area contributed by atoms with Crippen molar-refractivity contribution in [3.63, 3.8) is 0 Å². The van der Waals surface area contributed by atoms with Gasteiger partial charge in [0.1, 0.15) is 5.75 Å². The van der Waals surface area contributed by atoms with Gasteiger partial charge in [0.25, 0.3) is 0 Å². The van der Waals surface area contributed by atoms with Gasteiger partial charge in [0.2, 0.25) is 0 Å². The standard InChI is InChI=1S/C14H21NO2/c1-11-3-4-14(16)12(9-11)10-15-7-5-13(17-2)6-8-15/h3-4,9,13,16H,5-8,10H2,1-2H3. The lowest BCUT2D eigenvalue weighted by Crippen LogP contribution is -2.36. The molecule has 3 nitrogen and oxygen atoms in total. The SMILES string of the molecule is COC1CCN(Cc2cc(C)ccc2O)CC1. The van der Waals surface area contributed by atoms with Crippen LogP contribution in [0.1, 0.15) is 24.0 Å². The number of likely N-dealkylation sites (tertiary alicyclic amines) is 1. The first-order valence-corrected chi connectivity index (χ1v) is 6.22. The lowest BCUT2D eigenvalue weighted by Gasteiger charge is -2.31. The van der Waals surface area contributed by atoms with Gasteiger partial charge in [-0.1, -0.05) is 17.7 Å². The summed E-state index contributed by atoms with van der Waals surface area (Å²) in [5, 5.41) is 9.81. The number of hydrogen-bond acceptors (Lipinski definition) is 3. The summed E-state index contributed by atoms with van der Waals surface area (Å²) in [6.45, 7) is 4.99. The Morgan fingerprint density at radius 2 is 2.06 bits per heavy atom. The van der Waals surface area contributed by atoms with Crippen molar-refractivity contribution in [1.82, 2.24) is 4.90 Å². The summed E-state index contributed by atoms with van der Waals surface area (Å²) in [6.07, 6.45) is 2.59. The average molecular weight is 235 g/mol. The number of ether oxygens (including phenoxy) is 1. The number of phenols is 1. The van der Waals surface area contributed by atoms with Gasteiger partial charge in [-0.05, 0) is 25.8 Å². The summed E-state index contributed by atoms with van der Waals surface area (Å²) in [6, 6.07) is 5.79. The molecule has 0 bridgehead atoms. The summed E-state index contributed by atoms with van der Waals surface area (Å²) in [5.74, 6) is 0.407. The highest BCUT2D eigenvalue weighted by Gasteiger charge is 2.19. The van der Waals surface area contributed by atoms with E-state index in [1.165, 1.54) is 5.56 Å². The van der Waals surface area contributed by atoms with E-state index >= 15 is 0 Å². The monoisotopic (exact) mass is 235 g/mol. The molecule has 1 saturated heterocycles. The Morgan fingerprint density at radius 1 is 1.35 bits per heavy atom. The van der Waals surface area contributed by atoms with Crippen molar-refractivity contribution in [3.8, 4) is 5.75 Å². The molecule has 1 aromatic rings. The van der Waals surface area contributed by atoms with Crippen LogP contribution in [0.4, 0.5) is 0 Å². The highest BCUT2D eigenvalue weighted by atomic mass is 16.5. The van der Waals surface area contributed by atoms with Crippen LogP contribution in [0.25, 0.3) is 0 Å². The minimum absolute atomic E-state index is 0.407. The van der Waals surface area contributed by atoms with Crippen LogP contribution in [0, 0.1) is 6.92 Å². The van der Waals surface area contributed by atoms with Crippen molar-refractivity contribution < 1.29 is 9.84 Å². The Balaban J connectivity index is 1.95. The number of aromatic hydroxyl groups is 1. The van der Waals surface area contributed by atoms with Gasteiger partial charge >= 0.3 is 0 Å². The number of methoxy groups -OCH3 is 1. The summed E-state index contributed by atoms with van der Waals surface area (Å²) in [4.78, 5) is 2.38. The van der Waals surface area contributed by atoms with Gasteiger partial charge in [0, 0.05) is 32.3 Å². The maximum absolute atomic E-state index is 9.81. The maximum Gasteiger partial charge on any atom is 0.120 e. The molecule has 1 aliphatic heterocycles. The van der Waals surface area contributed by atoms with Gasteiger partial charge in [-0.3, -0.25) is 4.90 Å². The van der Waals surface area contributed by atoms with Crippen LogP contribution in [0.2, 0.25) is 0 Å². The minimum atomic E-state index is 0.407. The first kappa shape index (κ1) is 12.4. The molecule has 0 aromatic heterocycles. The van der Waals surface area contributed by atoms with E-state index < -0.39 is 0 Å². The zero-order valence-electron chi connectivity index (χ0n) is 10.6. The maximum atomic E-state index is 9.81. The normalized spacial score (nSPS) is 18.5. The van der Waals surface area contributed by atoms with E-state index in [9.17, 15) is 5.11 Å². The highest BCUT2D eigenvalue weighted by Crippen LogP contribution is 2.22. The second kappa shape index (κ2) is 5.52. The van der Waals surface area contributed by atoms with Crippen LogP contribution in [0.3, 0.4) is 0 Å². The number of benzene rings is 1. The fraction of sp³-hybridized carbons (Fsp3) is 0.571.